The Bertz CT molecular complexity index is 917. The lowest BCUT2D eigenvalue weighted by atomic mass is 10.1. The van der Waals surface area contributed by atoms with E-state index in [-0.39, 0.29) is 5.78 Å². The van der Waals surface area contributed by atoms with Gasteiger partial charge < -0.3 is 19.5 Å². The number of ether oxygens (including phenoxy) is 3. The molecule has 7 nitrogen and oxygen atoms in total. The molecular formula is C22H23NO6. The van der Waals surface area contributed by atoms with Crippen molar-refractivity contribution in [1.29, 1.82) is 0 Å². The van der Waals surface area contributed by atoms with E-state index in [1.807, 2.05) is 0 Å². The number of hydrogen-bond acceptors (Lipinski definition) is 6. The molecule has 2 aromatic carbocycles. The normalized spacial score (nSPS) is 11.6. The fraction of sp³-hybridized carbons (Fsp3) is 0.227. The summed E-state index contributed by atoms with van der Waals surface area (Å²) in [5, 5.41) is 2.63. The summed E-state index contributed by atoms with van der Waals surface area (Å²) in [7, 11) is 3.02. The van der Waals surface area contributed by atoms with Crippen LogP contribution in [0.1, 0.15) is 29.8 Å². The number of amides is 1. The summed E-state index contributed by atoms with van der Waals surface area (Å²) >= 11 is 0. The molecule has 0 aliphatic heterocycles. The van der Waals surface area contributed by atoms with E-state index in [2.05, 4.69) is 5.32 Å². The van der Waals surface area contributed by atoms with Gasteiger partial charge in [0.1, 0.15) is 0 Å². The second kappa shape index (κ2) is 10.1. The third-order valence-corrected chi connectivity index (χ3v) is 4.05. The Morgan fingerprint density at radius 2 is 1.69 bits per heavy atom. The van der Waals surface area contributed by atoms with Crippen LogP contribution >= 0.6 is 0 Å². The average Bonchev–Trinajstić information content (AvgIpc) is 2.72. The first-order valence-electron chi connectivity index (χ1n) is 8.87. The van der Waals surface area contributed by atoms with E-state index in [9.17, 15) is 14.4 Å². The summed E-state index contributed by atoms with van der Waals surface area (Å²) in [6.07, 6.45) is 1.73. The maximum Gasteiger partial charge on any atom is 0.331 e. The number of hydrogen-bond donors (Lipinski definition) is 1. The van der Waals surface area contributed by atoms with Gasteiger partial charge in [0.05, 0.1) is 14.2 Å². The van der Waals surface area contributed by atoms with Crippen LogP contribution in [0.25, 0.3) is 6.08 Å². The van der Waals surface area contributed by atoms with Crippen LogP contribution in [-0.2, 0) is 14.3 Å². The molecule has 0 fully saturated rings. The van der Waals surface area contributed by atoms with Gasteiger partial charge in [-0.3, -0.25) is 9.59 Å². The fourth-order valence-electron chi connectivity index (χ4n) is 2.50. The predicted octanol–water partition coefficient (Wildman–Crippen LogP) is 3.49. The molecule has 0 heterocycles. The van der Waals surface area contributed by atoms with Gasteiger partial charge in [-0.2, -0.15) is 0 Å². The Kier molecular flexibility index (Phi) is 7.54. The highest BCUT2D eigenvalue weighted by molar-refractivity contribution is 5.98. The number of anilines is 1. The topological polar surface area (TPSA) is 90.9 Å². The van der Waals surface area contributed by atoms with Crippen molar-refractivity contribution in [1.82, 2.24) is 0 Å². The van der Waals surface area contributed by atoms with Gasteiger partial charge in [0.2, 0.25) is 0 Å². The SMILES string of the molecule is COc1cccc(/C=C/C(=O)O[C@@H](C)C(=O)Nc2ccc(C(C)=O)cc2)c1OC. The summed E-state index contributed by atoms with van der Waals surface area (Å²) < 4.78 is 15.6. The minimum Gasteiger partial charge on any atom is -0.493 e. The lowest BCUT2D eigenvalue weighted by Crippen LogP contribution is -2.29. The van der Waals surface area contributed by atoms with E-state index in [0.29, 0.717) is 28.3 Å². The number of rotatable bonds is 8. The summed E-state index contributed by atoms with van der Waals surface area (Å²) in [5.74, 6) is -0.208. The molecule has 0 saturated heterocycles. The van der Waals surface area contributed by atoms with Crippen LogP contribution in [0.5, 0.6) is 11.5 Å². The average molecular weight is 397 g/mol. The molecule has 7 heteroatoms. The Morgan fingerprint density at radius 1 is 1.00 bits per heavy atom. The molecule has 0 aliphatic carbocycles. The van der Waals surface area contributed by atoms with Gasteiger partial charge in [0.15, 0.2) is 23.4 Å². The molecule has 2 rings (SSSR count). The van der Waals surface area contributed by atoms with Crippen molar-refractivity contribution in [3.8, 4) is 11.5 Å². The van der Waals surface area contributed by atoms with E-state index in [1.165, 1.54) is 40.2 Å². The van der Waals surface area contributed by atoms with Crippen LogP contribution < -0.4 is 14.8 Å². The molecule has 0 spiro atoms. The van der Waals surface area contributed by atoms with Crippen LogP contribution in [0.4, 0.5) is 5.69 Å². The molecule has 0 radical (unpaired) electrons. The van der Waals surface area contributed by atoms with Crippen molar-refractivity contribution < 1.29 is 28.6 Å². The predicted molar refractivity (Wildman–Crippen MR) is 109 cm³/mol. The molecule has 0 aliphatic rings. The van der Waals surface area contributed by atoms with Crippen molar-refractivity contribution in [2.45, 2.75) is 20.0 Å². The molecule has 0 bridgehead atoms. The van der Waals surface area contributed by atoms with Crippen LogP contribution in [0.2, 0.25) is 0 Å². The number of Topliss-reactive ketones (excluding diaryl/α,β-unsaturated/α-hetero) is 1. The highest BCUT2D eigenvalue weighted by atomic mass is 16.5. The molecule has 1 amide bonds. The van der Waals surface area contributed by atoms with E-state index in [4.69, 9.17) is 14.2 Å². The van der Waals surface area contributed by atoms with Crippen LogP contribution in [0, 0.1) is 0 Å². The summed E-state index contributed by atoms with van der Waals surface area (Å²) in [6, 6.07) is 11.7. The fourth-order valence-corrected chi connectivity index (χ4v) is 2.50. The van der Waals surface area contributed by atoms with Gasteiger partial charge in [-0.25, -0.2) is 4.79 Å². The van der Waals surface area contributed by atoms with Gasteiger partial charge >= 0.3 is 5.97 Å². The quantitative estimate of drug-likeness (QED) is 0.417. The van der Waals surface area contributed by atoms with Crippen molar-refractivity contribution in [2.24, 2.45) is 0 Å². The first-order valence-corrected chi connectivity index (χ1v) is 8.87. The molecule has 152 valence electrons. The van der Waals surface area contributed by atoms with Crippen LogP contribution in [0.3, 0.4) is 0 Å². The summed E-state index contributed by atoms with van der Waals surface area (Å²) in [4.78, 5) is 35.6. The van der Waals surface area contributed by atoms with E-state index < -0.39 is 18.0 Å². The van der Waals surface area contributed by atoms with Crippen LogP contribution in [0.15, 0.2) is 48.5 Å². The Hall–Kier alpha value is -3.61. The third-order valence-electron chi connectivity index (χ3n) is 4.05. The lowest BCUT2D eigenvalue weighted by molar-refractivity contribution is -0.148. The Balaban J connectivity index is 1.97. The maximum absolute atomic E-state index is 12.2. The highest BCUT2D eigenvalue weighted by Crippen LogP contribution is 2.31. The highest BCUT2D eigenvalue weighted by Gasteiger charge is 2.17. The largest absolute Gasteiger partial charge is 0.493 e. The number of methoxy groups -OCH3 is 2. The van der Waals surface area contributed by atoms with Gasteiger partial charge in [-0.05, 0) is 50.3 Å². The third kappa shape index (κ3) is 5.93. The molecule has 0 saturated carbocycles. The standard InChI is InChI=1S/C22H23NO6/c1-14(24)16-8-11-18(12-9-16)23-22(26)15(2)29-20(25)13-10-17-6-5-7-19(27-3)21(17)28-4/h5-13,15H,1-4H3,(H,23,26)/b13-10+/t15-/m0/s1. The number of para-hydroxylation sites is 1. The first kappa shape index (κ1) is 21.7. The zero-order valence-corrected chi connectivity index (χ0v) is 16.7. The number of esters is 1. The van der Waals surface area contributed by atoms with Crippen molar-refractivity contribution in [3.05, 3.63) is 59.7 Å². The second-order valence-electron chi connectivity index (χ2n) is 6.12. The number of carbonyl (C=O) groups is 3. The Labute approximate surface area is 169 Å². The molecule has 0 unspecified atom stereocenters. The second-order valence-corrected chi connectivity index (χ2v) is 6.12. The van der Waals surface area contributed by atoms with Gasteiger partial charge in [0.25, 0.3) is 5.91 Å². The smallest absolute Gasteiger partial charge is 0.331 e. The number of benzene rings is 2. The van der Waals surface area contributed by atoms with Crippen molar-refractivity contribution in [3.63, 3.8) is 0 Å². The molecule has 0 aromatic heterocycles. The molecule has 2 aromatic rings. The van der Waals surface area contributed by atoms with Crippen molar-refractivity contribution in [2.75, 3.05) is 19.5 Å². The molecule has 1 atom stereocenters. The lowest BCUT2D eigenvalue weighted by Gasteiger charge is -2.13. The molecular weight excluding hydrogens is 374 g/mol. The van der Waals surface area contributed by atoms with Crippen molar-refractivity contribution >= 4 is 29.4 Å². The van der Waals surface area contributed by atoms with E-state index >= 15 is 0 Å². The zero-order valence-electron chi connectivity index (χ0n) is 16.7. The van der Waals surface area contributed by atoms with Gasteiger partial charge in [0, 0.05) is 22.9 Å². The van der Waals surface area contributed by atoms with E-state index in [1.54, 1.807) is 42.5 Å². The number of carbonyl (C=O) groups excluding carboxylic acids is 3. The number of nitrogens with one attached hydrogen (secondary N) is 1. The zero-order chi connectivity index (χ0) is 21.4. The monoisotopic (exact) mass is 397 g/mol. The van der Waals surface area contributed by atoms with Gasteiger partial charge in [-0.1, -0.05) is 12.1 Å². The molecule has 29 heavy (non-hydrogen) atoms. The first-order chi connectivity index (χ1) is 13.8. The van der Waals surface area contributed by atoms with Gasteiger partial charge in [-0.15, -0.1) is 0 Å². The summed E-state index contributed by atoms with van der Waals surface area (Å²) in [6.45, 7) is 2.93. The maximum atomic E-state index is 12.2. The molecule has 1 N–H and O–H groups in total. The summed E-state index contributed by atoms with van der Waals surface area (Å²) in [5.41, 5.74) is 1.67. The number of ketones is 1. The minimum atomic E-state index is -1.01. The van der Waals surface area contributed by atoms with E-state index in [0.717, 1.165) is 0 Å². The van der Waals surface area contributed by atoms with Crippen LogP contribution in [-0.4, -0.2) is 38.0 Å². The minimum absolute atomic E-state index is 0.0652. The Morgan fingerprint density at radius 3 is 2.28 bits per heavy atom.